The van der Waals surface area contributed by atoms with Gasteiger partial charge in [0.05, 0.1) is 9.95 Å². The van der Waals surface area contributed by atoms with Gasteiger partial charge in [-0.3, -0.25) is 19.7 Å². The minimum Gasteiger partial charge on any atom is -0.304 e. The highest BCUT2D eigenvalue weighted by Crippen LogP contribution is 2.39. The Kier molecular flexibility index (Phi) is 4.29. The second-order valence-electron chi connectivity index (χ2n) is 4.30. The zero-order chi connectivity index (χ0) is 14.9. The predicted octanol–water partition coefficient (Wildman–Crippen LogP) is 2.63. The van der Waals surface area contributed by atoms with Crippen molar-refractivity contribution in [1.82, 2.24) is 0 Å². The predicted molar refractivity (Wildman–Crippen MR) is 77.1 cm³/mol. The standard InChI is InChI=1S/C12H11ClN2O4S/c1-7(16)20-8-5-11(17)14(6-8)12-9(13)3-2-4-10(12)15(18)19/h2-4,8H,5-6H2,1H3. The molecule has 6 nitrogen and oxygen atoms in total. The first-order valence-electron chi connectivity index (χ1n) is 5.80. The third-order valence-electron chi connectivity index (χ3n) is 2.85. The molecule has 1 atom stereocenters. The number of carbonyl (C=O) groups is 2. The number of benzene rings is 1. The number of nitro groups is 1. The number of carbonyl (C=O) groups excluding carboxylic acids is 2. The maximum Gasteiger partial charge on any atom is 0.294 e. The normalized spacial score (nSPS) is 18.4. The van der Waals surface area contributed by atoms with E-state index < -0.39 is 4.92 Å². The van der Waals surface area contributed by atoms with E-state index in [9.17, 15) is 19.7 Å². The zero-order valence-electron chi connectivity index (χ0n) is 10.5. The number of rotatable bonds is 3. The Labute approximate surface area is 124 Å². The Morgan fingerprint density at radius 1 is 1.55 bits per heavy atom. The summed E-state index contributed by atoms with van der Waals surface area (Å²) in [5.41, 5.74) is -0.102. The number of amides is 1. The van der Waals surface area contributed by atoms with Gasteiger partial charge in [0.1, 0.15) is 5.69 Å². The van der Waals surface area contributed by atoms with Crippen molar-refractivity contribution in [2.75, 3.05) is 11.4 Å². The summed E-state index contributed by atoms with van der Waals surface area (Å²) in [4.78, 5) is 34.9. The Bertz CT molecular complexity index is 593. The van der Waals surface area contributed by atoms with Crippen LogP contribution in [0.25, 0.3) is 0 Å². The van der Waals surface area contributed by atoms with Gasteiger partial charge >= 0.3 is 0 Å². The second-order valence-corrected chi connectivity index (χ2v) is 6.19. The quantitative estimate of drug-likeness (QED) is 0.633. The van der Waals surface area contributed by atoms with E-state index in [-0.39, 0.29) is 45.6 Å². The number of thioether (sulfide) groups is 1. The van der Waals surface area contributed by atoms with Crippen molar-refractivity contribution in [1.29, 1.82) is 0 Å². The Morgan fingerprint density at radius 2 is 2.25 bits per heavy atom. The van der Waals surface area contributed by atoms with Crippen LogP contribution in [0.5, 0.6) is 0 Å². The lowest BCUT2D eigenvalue weighted by molar-refractivity contribution is -0.384. The van der Waals surface area contributed by atoms with E-state index in [1.165, 1.54) is 30.0 Å². The summed E-state index contributed by atoms with van der Waals surface area (Å²) in [7, 11) is 0. The molecule has 0 aliphatic carbocycles. The number of para-hydroxylation sites is 1. The molecule has 2 rings (SSSR count). The van der Waals surface area contributed by atoms with E-state index in [1.54, 1.807) is 0 Å². The molecule has 0 bridgehead atoms. The molecule has 1 aromatic rings. The van der Waals surface area contributed by atoms with Gasteiger partial charge in [-0.25, -0.2) is 0 Å². The van der Waals surface area contributed by atoms with Crippen molar-refractivity contribution >= 4 is 45.8 Å². The highest BCUT2D eigenvalue weighted by atomic mass is 35.5. The first-order valence-corrected chi connectivity index (χ1v) is 7.06. The lowest BCUT2D eigenvalue weighted by Crippen LogP contribution is -2.26. The Hall–Kier alpha value is -1.60. The van der Waals surface area contributed by atoms with Crippen molar-refractivity contribution in [3.8, 4) is 0 Å². The summed E-state index contributed by atoms with van der Waals surface area (Å²) in [6.45, 7) is 1.67. The maximum absolute atomic E-state index is 12.0. The van der Waals surface area contributed by atoms with E-state index >= 15 is 0 Å². The van der Waals surface area contributed by atoms with Crippen LogP contribution in [0.1, 0.15) is 13.3 Å². The van der Waals surface area contributed by atoms with Gasteiger partial charge in [-0.05, 0) is 6.07 Å². The highest BCUT2D eigenvalue weighted by molar-refractivity contribution is 8.14. The molecule has 1 aliphatic heterocycles. The summed E-state index contributed by atoms with van der Waals surface area (Å²) in [6, 6.07) is 4.27. The topological polar surface area (TPSA) is 80.5 Å². The number of hydrogen-bond donors (Lipinski definition) is 0. The van der Waals surface area contributed by atoms with Crippen molar-refractivity contribution in [3.63, 3.8) is 0 Å². The van der Waals surface area contributed by atoms with Crippen LogP contribution >= 0.6 is 23.4 Å². The molecule has 1 unspecified atom stereocenters. The average molecular weight is 315 g/mol. The minimum absolute atomic E-state index is 0.0849. The Balaban J connectivity index is 2.35. The van der Waals surface area contributed by atoms with Gasteiger partial charge in [-0.2, -0.15) is 0 Å². The molecular formula is C12H11ClN2O4S. The molecule has 1 aromatic carbocycles. The van der Waals surface area contributed by atoms with Gasteiger partial charge in [-0.1, -0.05) is 29.4 Å². The summed E-state index contributed by atoms with van der Waals surface area (Å²) in [5.74, 6) is -0.264. The van der Waals surface area contributed by atoms with Crippen molar-refractivity contribution in [2.45, 2.75) is 18.6 Å². The van der Waals surface area contributed by atoms with Crippen molar-refractivity contribution in [3.05, 3.63) is 33.3 Å². The second kappa shape index (κ2) is 5.80. The van der Waals surface area contributed by atoms with Crippen LogP contribution in [-0.4, -0.2) is 27.7 Å². The van der Waals surface area contributed by atoms with E-state index in [2.05, 4.69) is 0 Å². The molecule has 1 heterocycles. The van der Waals surface area contributed by atoms with Crippen LogP contribution in [0, 0.1) is 10.1 Å². The number of halogens is 1. The highest BCUT2D eigenvalue weighted by Gasteiger charge is 2.36. The van der Waals surface area contributed by atoms with Gasteiger partial charge in [0.15, 0.2) is 5.12 Å². The van der Waals surface area contributed by atoms with Gasteiger partial charge in [0, 0.05) is 31.2 Å². The molecule has 0 N–H and O–H groups in total. The van der Waals surface area contributed by atoms with Gasteiger partial charge in [0.2, 0.25) is 5.91 Å². The molecule has 1 fully saturated rings. The number of nitrogens with zero attached hydrogens (tertiary/aromatic N) is 2. The van der Waals surface area contributed by atoms with Crippen molar-refractivity contribution < 1.29 is 14.5 Å². The molecule has 0 saturated carbocycles. The van der Waals surface area contributed by atoms with Gasteiger partial charge in [-0.15, -0.1) is 0 Å². The van der Waals surface area contributed by atoms with E-state index in [0.29, 0.717) is 0 Å². The number of anilines is 1. The van der Waals surface area contributed by atoms with Gasteiger partial charge in [0.25, 0.3) is 5.69 Å². The maximum atomic E-state index is 12.0. The number of hydrogen-bond acceptors (Lipinski definition) is 5. The van der Waals surface area contributed by atoms with E-state index in [1.807, 2.05) is 0 Å². The molecule has 0 spiro atoms. The first kappa shape index (κ1) is 14.8. The zero-order valence-corrected chi connectivity index (χ0v) is 12.1. The molecule has 8 heteroatoms. The monoisotopic (exact) mass is 314 g/mol. The summed E-state index contributed by atoms with van der Waals surface area (Å²) in [6.07, 6.45) is 0.173. The molecule has 106 valence electrons. The molecule has 1 aliphatic rings. The molecule has 0 radical (unpaired) electrons. The van der Waals surface area contributed by atoms with Crippen LogP contribution < -0.4 is 4.90 Å². The van der Waals surface area contributed by atoms with Crippen LogP contribution in [-0.2, 0) is 9.59 Å². The van der Waals surface area contributed by atoms with Crippen LogP contribution in [0.3, 0.4) is 0 Å². The minimum atomic E-state index is -0.570. The molecule has 1 saturated heterocycles. The molecule has 0 aromatic heterocycles. The van der Waals surface area contributed by atoms with Gasteiger partial charge < -0.3 is 4.90 Å². The first-order chi connectivity index (χ1) is 9.40. The average Bonchev–Trinajstić information content (AvgIpc) is 2.68. The summed E-state index contributed by atoms with van der Waals surface area (Å²) >= 11 is 7.07. The lowest BCUT2D eigenvalue weighted by Gasteiger charge is -2.17. The molecule has 1 amide bonds. The lowest BCUT2D eigenvalue weighted by atomic mass is 10.2. The van der Waals surface area contributed by atoms with E-state index in [0.717, 1.165) is 11.8 Å². The number of nitro benzene ring substituents is 1. The van der Waals surface area contributed by atoms with Crippen LogP contribution in [0.2, 0.25) is 5.02 Å². The largest absolute Gasteiger partial charge is 0.304 e. The van der Waals surface area contributed by atoms with Crippen LogP contribution in [0.15, 0.2) is 18.2 Å². The SMILES string of the molecule is CC(=O)SC1CC(=O)N(c2c(Cl)cccc2[N+](=O)[O-])C1. The van der Waals surface area contributed by atoms with E-state index in [4.69, 9.17) is 11.6 Å². The summed E-state index contributed by atoms with van der Waals surface area (Å²) in [5, 5.41) is 10.9. The molecular weight excluding hydrogens is 304 g/mol. The molecule has 20 heavy (non-hydrogen) atoms. The smallest absolute Gasteiger partial charge is 0.294 e. The van der Waals surface area contributed by atoms with Crippen molar-refractivity contribution in [2.24, 2.45) is 0 Å². The fourth-order valence-electron chi connectivity index (χ4n) is 2.12. The Morgan fingerprint density at radius 3 is 2.85 bits per heavy atom. The third-order valence-corrected chi connectivity index (χ3v) is 4.14. The fraction of sp³-hybridized carbons (Fsp3) is 0.333. The fourth-order valence-corrected chi connectivity index (χ4v) is 3.31. The third kappa shape index (κ3) is 2.94. The summed E-state index contributed by atoms with van der Waals surface area (Å²) < 4.78 is 0. The van der Waals surface area contributed by atoms with Crippen LogP contribution in [0.4, 0.5) is 11.4 Å².